The van der Waals surface area contributed by atoms with Crippen molar-refractivity contribution >= 4 is 46.6 Å². The summed E-state index contributed by atoms with van der Waals surface area (Å²) in [5.41, 5.74) is 2.06. The van der Waals surface area contributed by atoms with Gasteiger partial charge in [-0.25, -0.2) is 9.99 Å². The number of thiazole rings is 1. The molecule has 2 aliphatic rings. The van der Waals surface area contributed by atoms with Crippen molar-refractivity contribution in [2.75, 3.05) is 26.7 Å². The van der Waals surface area contributed by atoms with Crippen LogP contribution in [-0.2, 0) is 16.1 Å². The molecule has 0 bridgehead atoms. The van der Waals surface area contributed by atoms with Crippen LogP contribution in [0.3, 0.4) is 0 Å². The fraction of sp³-hybridized carbons (Fsp3) is 0.435. The van der Waals surface area contributed by atoms with Gasteiger partial charge in [0, 0.05) is 38.2 Å². The van der Waals surface area contributed by atoms with Crippen LogP contribution in [0.2, 0.25) is 5.02 Å². The number of aromatic nitrogens is 1. The van der Waals surface area contributed by atoms with Gasteiger partial charge in [-0.15, -0.1) is 11.3 Å². The van der Waals surface area contributed by atoms with Crippen LogP contribution in [0.5, 0.6) is 0 Å². The lowest BCUT2D eigenvalue weighted by Crippen LogP contribution is -2.47. The van der Waals surface area contributed by atoms with E-state index in [1.165, 1.54) is 7.05 Å². The molecule has 2 aromatic rings. The summed E-state index contributed by atoms with van der Waals surface area (Å²) in [6.07, 6.45) is 0.864. The van der Waals surface area contributed by atoms with Gasteiger partial charge in [0.2, 0.25) is 5.91 Å². The van der Waals surface area contributed by atoms with E-state index < -0.39 is 17.9 Å². The third-order valence-electron chi connectivity index (χ3n) is 6.12. The fourth-order valence-electron chi connectivity index (χ4n) is 4.20. The van der Waals surface area contributed by atoms with E-state index in [9.17, 15) is 19.2 Å². The largest absolute Gasteiger partial charge is 0.353 e. The van der Waals surface area contributed by atoms with E-state index in [4.69, 9.17) is 11.6 Å². The van der Waals surface area contributed by atoms with Crippen LogP contribution < -0.4 is 16.0 Å². The molecule has 2 atom stereocenters. The summed E-state index contributed by atoms with van der Waals surface area (Å²) in [6.45, 7) is 5.30. The van der Waals surface area contributed by atoms with Crippen molar-refractivity contribution < 1.29 is 19.2 Å². The van der Waals surface area contributed by atoms with Gasteiger partial charge < -0.3 is 16.0 Å². The molecule has 3 N–H and O–H groups in total. The molecule has 1 unspecified atom stereocenters. The van der Waals surface area contributed by atoms with Crippen molar-refractivity contribution in [3.05, 3.63) is 49.9 Å². The van der Waals surface area contributed by atoms with E-state index in [0.717, 1.165) is 35.4 Å². The van der Waals surface area contributed by atoms with Crippen molar-refractivity contribution in [2.45, 2.75) is 32.9 Å². The van der Waals surface area contributed by atoms with E-state index in [1.54, 1.807) is 31.0 Å². The summed E-state index contributed by atoms with van der Waals surface area (Å²) in [5.74, 6) is -1.92. The van der Waals surface area contributed by atoms with E-state index in [0.29, 0.717) is 28.7 Å². The molecule has 186 valence electrons. The highest BCUT2D eigenvalue weighted by Crippen LogP contribution is 2.31. The minimum atomic E-state index is -0.838. The molecule has 0 radical (unpaired) electrons. The van der Waals surface area contributed by atoms with Crippen LogP contribution in [0, 0.1) is 12.8 Å². The first kappa shape index (κ1) is 25.1. The van der Waals surface area contributed by atoms with Gasteiger partial charge in [-0.2, -0.15) is 0 Å². The number of fused-ring (bicyclic) bond motifs is 2. The second-order valence-electron chi connectivity index (χ2n) is 8.61. The maximum Gasteiger partial charge on any atom is 0.280 e. The molecule has 10 nitrogen and oxygen atoms in total. The van der Waals surface area contributed by atoms with E-state index in [-0.39, 0.29) is 29.3 Å². The van der Waals surface area contributed by atoms with Gasteiger partial charge in [0.1, 0.15) is 10.9 Å². The van der Waals surface area contributed by atoms with Gasteiger partial charge in [-0.1, -0.05) is 24.6 Å². The lowest BCUT2D eigenvalue weighted by Gasteiger charge is -2.28. The summed E-state index contributed by atoms with van der Waals surface area (Å²) in [5, 5.41) is 12.5. The summed E-state index contributed by atoms with van der Waals surface area (Å²) >= 11 is 7.19. The first-order chi connectivity index (χ1) is 16.7. The molecule has 35 heavy (non-hydrogen) atoms. The molecule has 0 aliphatic carbocycles. The smallest absolute Gasteiger partial charge is 0.280 e. The average molecular weight is 519 g/mol. The molecule has 2 aliphatic heterocycles. The first-order valence-corrected chi connectivity index (χ1v) is 12.5. The molecule has 4 rings (SSSR count). The quantitative estimate of drug-likeness (QED) is 0.534. The number of benzene rings is 1. The highest BCUT2D eigenvalue weighted by molar-refractivity contribution is 7.15. The average Bonchev–Trinajstić information content (AvgIpc) is 3.44. The lowest BCUT2D eigenvalue weighted by atomic mass is 9.99. The van der Waals surface area contributed by atoms with Crippen molar-refractivity contribution in [2.24, 2.45) is 5.92 Å². The highest BCUT2D eigenvalue weighted by atomic mass is 35.5. The predicted octanol–water partition coefficient (Wildman–Crippen LogP) is 1.65. The number of carbonyl (C=O) groups excluding carboxylic acids is 4. The number of nitrogens with zero attached hydrogens (tertiary/aromatic N) is 3. The minimum absolute atomic E-state index is 0.0571. The summed E-state index contributed by atoms with van der Waals surface area (Å²) in [4.78, 5) is 55.2. The number of hydrazine groups is 1. The van der Waals surface area contributed by atoms with Crippen LogP contribution in [0.25, 0.3) is 0 Å². The zero-order chi connectivity index (χ0) is 25.3. The second kappa shape index (κ2) is 10.3. The molecule has 1 aromatic heterocycles. The monoisotopic (exact) mass is 518 g/mol. The Labute approximate surface area is 212 Å². The molecular weight excluding hydrogens is 492 g/mol. The third-order valence-corrected chi connectivity index (χ3v) is 7.51. The molecular formula is C23H27ClN6O4S. The van der Waals surface area contributed by atoms with E-state index >= 15 is 0 Å². The Bertz CT molecular complexity index is 1180. The van der Waals surface area contributed by atoms with Crippen LogP contribution in [0.4, 0.5) is 0 Å². The van der Waals surface area contributed by atoms with Crippen LogP contribution in [0.1, 0.15) is 55.7 Å². The Morgan fingerprint density at radius 3 is 2.77 bits per heavy atom. The summed E-state index contributed by atoms with van der Waals surface area (Å²) in [7, 11) is 1.49. The minimum Gasteiger partial charge on any atom is -0.353 e. The first-order valence-electron chi connectivity index (χ1n) is 11.3. The predicted molar refractivity (Wildman–Crippen MR) is 131 cm³/mol. The number of hydrogen-bond donors (Lipinski definition) is 3. The molecule has 12 heteroatoms. The zero-order valence-corrected chi connectivity index (χ0v) is 21.3. The maximum atomic E-state index is 13.3. The van der Waals surface area contributed by atoms with Gasteiger partial charge in [0.05, 0.1) is 11.6 Å². The molecule has 0 spiro atoms. The number of rotatable bonds is 6. The molecule has 1 aromatic carbocycles. The van der Waals surface area contributed by atoms with E-state index in [1.807, 2.05) is 11.1 Å². The molecule has 0 saturated carbocycles. The van der Waals surface area contributed by atoms with Crippen LogP contribution in [-0.4, -0.2) is 65.3 Å². The second-order valence-corrected chi connectivity index (χ2v) is 10.0. The Morgan fingerprint density at radius 1 is 1.26 bits per heavy atom. The number of nitrogens with one attached hydrogen (secondary N) is 3. The van der Waals surface area contributed by atoms with E-state index in [2.05, 4.69) is 20.9 Å². The number of amides is 4. The number of halogens is 1. The topological polar surface area (TPSA) is 124 Å². The van der Waals surface area contributed by atoms with Gasteiger partial charge in [-0.3, -0.25) is 24.2 Å². The highest BCUT2D eigenvalue weighted by Gasteiger charge is 2.38. The number of aryl methyl sites for hydroxylation is 1. The Balaban J connectivity index is 1.44. The van der Waals surface area contributed by atoms with Crippen molar-refractivity contribution in [1.29, 1.82) is 0 Å². The lowest BCUT2D eigenvalue weighted by molar-refractivity contribution is -0.148. The van der Waals surface area contributed by atoms with Crippen molar-refractivity contribution in [3.8, 4) is 0 Å². The Kier molecular flexibility index (Phi) is 7.39. The zero-order valence-electron chi connectivity index (χ0n) is 19.7. The summed E-state index contributed by atoms with van der Waals surface area (Å²) in [6, 6.07) is 4.49. The summed E-state index contributed by atoms with van der Waals surface area (Å²) < 4.78 is 0. The fourth-order valence-corrected chi connectivity index (χ4v) is 5.33. The standard InChI is InChI=1S/C23H27ClN6O4S/c1-12(10-26-20(32)18-13(2)27-22(35-18)21(33)25-3)19(31)28-17-16-6-5-15(24)9-14(16)11-29-7-4-8-30(29)23(17)34/h5-6,9,12,17H,4,7-8,10-11H2,1-3H3,(H,25,33)(H,26,32)(H,28,31)/t12-,17?/m1/s1. The SMILES string of the molecule is CNC(=O)c1nc(C)c(C(=O)NC[C@@H](C)C(=O)NC2C(=O)N3CCCN3Cc3cc(Cl)ccc32)s1. The van der Waals surface area contributed by atoms with Gasteiger partial charge in [0.25, 0.3) is 17.7 Å². The normalized spacial score (nSPS) is 18.3. The molecule has 3 heterocycles. The van der Waals surface area contributed by atoms with Crippen molar-refractivity contribution in [1.82, 2.24) is 31.0 Å². The Hall–Kier alpha value is -3.02. The number of hydrogen-bond acceptors (Lipinski definition) is 7. The van der Waals surface area contributed by atoms with Gasteiger partial charge >= 0.3 is 0 Å². The number of carbonyl (C=O) groups is 4. The Morgan fingerprint density at radius 2 is 2.03 bits per heavy atom. The van der Waals surface area contributed by atoms with Crippen LogP contribution >= 0.6 is 22.9 Å². The third kappa shape index (κ3) is 5.16. The van der Waals surface area contributed by atoms with Crippen LogP contribution in [0.15, 0.2) is 18.2 Å². The molecule has 1 fully saturated rings. The molecule has 1 saturated heterocycles. The van der Waals surface area contributed by atoms with Crippen molar-refractivity contribution in [3.63, 3.8) is 0 Å². The maximum absolute atomic E-state index is 13.3. The molecule has 4 amide bonds. The van der Waals surface area contributed by atoms with Gasteiger partial charge in [0.15, 0.2) is 5.01 Å². The van der Waals surface area contributed by atoms with Gasteiger partial charge in [-0.05, 0) is 36.6 Å².